The van der Waals surface area contributed by atoms with Crippen LogP contribution in [0.15, 0.2) is 6.07 Å². The maximum absolute atomic E-state index is 13.7. The minimum absolute atomic E-state index is 0.0570. The third-order valence-electron chi connectivity index (χ3n) is 2.58. The Labute approximate surface area is 105 Å². The van der Waals surface area contributed by atoms with Gasteiger partial charge in [0.1, 0.15) is 5.69 Å². The summed E-state index contributed by atoms with van der Waals surface area (Å²) in [6, 6.07) is 0.128. The molecule has 0 radical (unpaired) electrons. The fourth-order valence-corrected chi connectivity index (χ4v) is 1.75. The number of benzene rings is 1. The van der Waals surface area contributed by atoms with Gasteiger partial charge in [0.05, 0.1) is 5.69 Å². The van der Waals surface area contributed by atoms with Gasteiger partial charge in [-0.2, -0.15) is 0 Å². The highest BCUT2D eigenvalue weighted by Gasteiger charge is 2.25. The number of rotatable bonds is 2. The molecular weight excluding hydrogens is 264 g/mol. The largest absolute Gasteiger partial charge is 0.381 e. The maximum Gasteiger partial charge on any atom is 0.187 e. The van der Waals surface area contributed by atoms with Crippen molar-refractivity contribution in [2.75, 3.05) is 5.73 Å². The van der Waals surface area contributed by atoms with E-state index in [1.165, 1.54) is 0 Å². The SMILES string of the molecule is CC(C)c1c(N)nnn1-c1c(F)c(F)cc(F)c1F. The summed E-state index contributed by atoms with van der Waals surface area (Å²) < 4.78 is 54.4. The van der Waals surface area contributed by atoms with Gasteiger partial charge in [0, 0.05) is 6.07 Å². The minimum Gasteiger partial charge on any atom is -0.381 e. The van der Waals surface area contributed by atoms with Crippen LogP contribution in [0.3, 0.4) is 0 Å². The molecule has 0 spiro atoms. The average Bonchev–Trinajstić information content (AvgIpc) is 2.69. The summed E-state index contributed by atoms with van der Waals surface area (Å²) in [5, 5.41) is 6.91. The standard InChI is InChI=1S/C11H10F4N4/c1-4(2)9-11(16)17-18-19(9)10-7(14)5(12)3-6(13)8(10)15/h3-4H,16H2,1-2H3. The molecule has 1 heterocycles. The van der Waals surface area contributed by atoms with Crippen molar-refractivity contribution in [2.45, 2.75) is 19.8 Å². The van der Waals surface area contributed by atoms with Crippen LogP contribution >= 0.6 is 0 Å². The zero-order valence-corrected chi connectivity index (χ0v) is 10.1. The van der Waals surface area contributed by atoms with Crippen molar-refractivity contribution in [1.29, 1.82) is 0 Å². The highest BCUT2D eigenvalue weighted by Crippen LogP contribution is 2.28. The first kappa shape index (κ1) is 13.3. The van der Waals surface area contributed by atoms with Crippen molar-refractivity contribution >= 4 is 5.82 Å². The van der Waals surface area contributed by atoms with Crippen LogP contribution in [0, 0.1) is 23.3 Å². The molecule has 1 aromatic carbocycles. The Kier molecular flexibility index (Phi) is 3.17. The first-order valence-corrected chi connectivity index (χ1v) is 5.39. The van der Waals surface area contributed by atoms with Crippen LogP contribution in [0.25, 0.3) is 5.69 Å². The van der Waals surface area contributed by atoms with Crippen LogP contribution in [-0.2, 0) is 0 Å². The van der Waals surface area contributed by atoms with E-state index in [-0.39, 0.29) is 23.5 Å². The van der Waals surface area contributed by atoms with E-state index in [4.69, 9.17) is 5.73 Å². The van der Waals surface area contributed by atoms with Crippen LogP contribution in [0.5, 0.6) is 0 Å². The van der Waals surface area contributed by atoms with E-state index in [1.807, 2.05) is 0 Å². The second-order valence-corrected chi connectivity index (χ2v) is 4.24. The van der Waals surface area contributed by atoms with Crippen molar-refractivity contribution in [3.8, 4) is 5.69 Å². The molecule has 19 heavy (non-hydrogen) atoms. The van der Waals surface area contributed by atoms with Gasteiger partial charge >= 0.3 is 0 Å². The number of anilines is 1. The highest BCUT2D eigenvalue weighted by molar-refractivity contribution is 5.44. The van der Waals surface area contributed by atoms with E-state index in [2.05, 4.69) is 10.3 Å². The van der Waals surface area contributed by atoms with Crippen molar-refractivity contribution < 1.29 is 17.6 Å². The third kappa shape index (κ3) is 2.02. The molecule has 0 saturated heterocycles. The van der Waals surface area contributed by atoms with Crippen LogP contribution < -0.4 is 5.73 Å². The fraction of sp³-hybridized carbons (Fsp3) is 0.273. The average molecular weight is 274 g/mol. The number of hydrogen-bond acceptors (Lipinski definition) is 3. The summed E-state index contributed by atoms with van der Waals surface area (Å²) in [6.07, 6.45) is 0. The Hall–Kier alpha value is -2.12. The Morgan fingerprint density at radius 1 is 1.11 bits per heavy atom. The molecule has 0 bridgehead atoms. The van der Waals surface area contributed by atoms with E-state index < -0.39 is 29.0 Å². The van der Waals surface area contributed by atoms with E-state index in [0.29, 0.717) is 4.68 Å². The quantitative estimate of drug-likeness (QED) is 0.676. The van der Waals surface area contributed by atoms with Gasteiger partial charge in [0.15, 0.2) is 29.1 Å². The molecule has 102 valence electrons. The van der Waals surface area contributed by atoms with Crippen LogP contribution in [0.4, 0.5) is 23.4 Å². The Morgan fingerprint density at radius 3 is 2.11 bits per heavy atom. The van der Waals surface area contributed by atoms with E-state index >= 15 is 0 Å². The lowest BCUT2D eigenvalue weighted by molar-refractivity contribution is 0.441. The van der Waals surface area contributed by atoms with Gasteiger partial charge < -0.3 is 5.73 Å². The number of nitrogens with zero attached hydrogens (tertiary/aromatic N) is 3. The number of nitrogen functional groups attached to an aromatic ring is 1. The van der Waals surface area contributed by atoms with Crippen LogP contribution in [0.1, 0.15) is 25.5 Å². The minimum atomic E-state index is -1.55. The third-order valence-corrected chi connectivity index (χ3v) is 2.58. The van der Waals surface area contributed by atoms with Crippen molar-refractivity contribution in [2.24, 2.45) is 0 Å². The monoisotopic (exact) mass is 274 g/mol. The smallest absolute Gasteiger partial charge is 0.187 e. The molecule has 2 aromatic rings. The summed E-state index contributed by atoms with van der Waals surface area (Å²) in [4.78, 5) is 0. The number of halogens is 4. The molecule has 0 aliphatic carbocycles. The fourth-order valence-electron chi connectivity index (χ4n) is 1.75. The molecule has 0 atom stereocenters. The lowest BCUT2D eigenvalue weighted by Gasteiger charge is -2.11. The van der Waals surface area contributed by atoms with Gasteiger partial charge in [-0.1, -0.05) is 19.1 Å². The first-order valence-electron chi connectivity index (χ1n) is 5.39. The predicted octanol–water partition coefficient (Wildman–Crippen LogP) is 2.53. The van der Waals surface area contributed by atoms with Gasteiger partial charge in [-0.3, -0.25) is 0 Å². The predicted molar refractivity (Wildman–Crippen MR) is 59.7 cm³/mol. The summed E-state index contributed by atoms with van der Waals surface area (Å²) in [7, 11) is 0. The van der Waals surface area contributed by atoms with Gasteiger partial charge in [-0.15, -0.1) is 5.10 Å². The summed E-state index contributed by atoms with van der Waals surface area (Å²) >= 11 is 0. The van der Waals surface area contributed by atoms with Crippen LogP contribution in [0.2, 0.25) is 0 Å². The topological polar surface area (TPSA) is 56.7 Å². The molecule has 1 aromatic heterocycles. The molecule has 0 aliphatic rings. The van der Waals surface area contributed by atoms with Crippen LogP contribution in [-0.4, -0.2) is 15.0 Å². The molecule has 0 fully saturated rings. The number of nitrogens with two attached hydrogens (primary N) is 1. The lowest BCUT2D eigenvalue weighted by Crippen LogP contribution is -2.12. The number of aromatic nitrogens is 3. The molecule has 0 aliphatic heterocycles. The van der Waals surface area contributed by atoms with E-state index in [9.17, 15) is 17.6 Å². The van der Waals surface area contributed by atoms with Crippen molar-refractivity contribution in [3.05, 3.63) is 35.0 Å². The second-order valence-electron chi connectivity index (χ2n) is 4.24. The van der Waals surface area contributed by atoms with Gasteiger partial charge in [-0.05, 0) is 5.92 Å². The Balaban J connectivity index is 2.80. The van der Waals surface area contributed by atoms with E-state index in [1.54, 1.807) is 13.8 Å². The van der Waals surface area contributed by atoms with Gasteiger partial charge in [-0.25, -0.2) is 22.2 Å². The summed E-state index contributed by atoms with van der Waals surface area (Å²) in [6.45, 7) is 3.36. The first-order chi connectivity index (χ1) is 8.84. The summed E-state index contributed by atoms with van der Waals surface area (Å²) in [5.41, 5.74) is 4.73. The molecule has 4 nitrogen and oxygen atoms in total. The molecular formula is C11H10F4N4. The molecule has 2 rings (SSSR count). The highest BCUT2D eigenvalue weighted by atomic mass is 19.2. The molecule has 8 heteroatoms. The van der Waals surface area contributed by atoms with Crippen molar-refractivity contribution in [1.82, 2.24) is 15.0 Å². The molecule has 0 saturated carbocycles. The zero-order valence-electron chi connectivity index (χ0n) is 10.1. The van der Waals surface area contributed by atoms with Gasteiger partial charge in [0.25, 0.3) is 0 Å². The van der Waals surface area contributed by atoms with E-state index in [0.717, 1.165) is 0 Å². The number of hydrogen-bond donors (Lipinski definition) is 1. The Bertz CT molecular complexity index is 610. The normalized spacial score (nSPS) is 11.3. The van der Waals surface area contributed by atoms with Crippen molar-refractivity contribution in [3.63, 3.8) is 0 Å². The molecule has 2 N–H and O–H groups in total. The molecule has 0 unspecified atom stereocenters. The second kappa shape index (κ2) is 4.52. The maximum atomic E-state index is 13.7. The molecule has 0 amide bonds. The summed E-state index contributed by atoms with van der Waals surface area (Å²) in [5.74, 6) is -6.48. The van der Waals surface area contributed by atoms with Gasteiger partial charge in [0.2, 0.25) is 0 Å². The Morgan fingerprint density at radius 2 is 1.63 bits per heavy atom. The zero-order chi connectivity index (χ0) is 14.3. The lowest BCUT2D eigenvalue weighted by atomic mass is 10.1.